The third-order valence-corrected chi connectivity index (χ3v) is 8.75. The third-order valence-electron chi connectivity index (χ3n) is 8.75. The fourth-order valence-corrected chi connectivity index (χ4v) is 6.27. The van der Waals surface area contributed by atoms with Gasteiger partial charge in [-0.2, -0.15) is 0 Å². The number of fused-ring (bicyclic) bond motifs is 1. The number of hydrogen-bond acceptors (Lipinski definition) is 7. The highest BCUT2D eigenvalue weighted by Gasteiger charge is 2.22. The van der Waals surface area contributed by atoms with Crippen molar-refractivity contribution in [2.45, 2.75) is 25.7 Å². The molecule has 2 amide bonds. The number of para-hydroxylation sites is 2. The smallest absolute Gasteiger partial charge is 0.323 e. The number of urea groups is 1. The van der Waals surface area contributed by atoms with Crippen molar-refractivity contribution in [3.63, 3.8) is 0 Å². The second kappa shape index (κ2) is 15.5. The minimum atomic E-state index is -0.321. The lowest BCUT2D eigenvalue weighted by atomic mass is 9.99. The maximum absolute atomic E-state index is 12.9. The van der Waals surface area contributed by atoms with Crippen LogP contribution in [0.25, 0.3) is 33.6 Å². The molecule has 1 saturated heterocycles. The number of nitrogens with zero attached hydrogens (tertiary/aromatic N) is 3. The molecule has 1 aliphatic heterocycles. The molecule has 49 heavy (non-hydrogen) atoms. The molecule has 2 aromatic heterocycles. The Morgan fingerprint density at radius 3 is 2.27 bits per heavy atom. The number of furan rings is 1. The molecule has 1 aliphatic rings. The second-order valence-electron chi connectivity index (χ2n) is 12.1. The molecular weight excluding hydrogens is 612 g/mol. The molecule has 0 saturated carbocycles. The molecule has 0 radical (unpaired) electrons. The summed E-state index contributed by atoms with van der Waals surface area (Å²) in [5.74, 6) is 2.16. The molecule has 6 aromatic rings. The number of carbonyl (C=O) groups is 1. The number of anilines is 3. The highest BCUT2D eigenvalue weighted by atomic mass is 16.5. The summed E-state index contributed by atoms with van der Waals surface area (Å²) >= 11 is 0. The first kappa shape index (κ1) is 31.9. The van der Waals surface area contributed by atoms with Crippen LogP contribution in [0.3, 0.4) is 0 Å². The van der Waals surface area contributed by atoms with Crippen LogP contribution in [0.1, 0.15) is 24.8 Å². The van der Waals surface area contributed by atoms with E-state index in [2.05, 4.69) is 43.0 Å². The Morgan fingerprint density at radius 1 is 0.776 bits per heavy atom. The van der Waals surface area contributed by atoms with Crippen molar-refractivity contribution in [2.24, 2.45) is 0 Å². The number of piperidine rings is 1. The van der Waals surface area contributed by atoms with E-state index in [4.69, 9.17) is 9.15 Å². The summed E-state index contributed by atoms with van der Waals surface area (Å²) in [4.78, 5) is 24.4. The van der Waals surface area contributed by atoms with E-state index < -0.39 is 0 Å². The zero-order chi connectivity index (χ0) is 33.3. The van der Waals surface area contributed by atoms with E-state index in [-0.39, 0.29) is 6.03 Å². The van der Waals surface area contributed by atoms with Gasteiger partial charge in [-0.25, -0.2) is 14.8 Å². The van der Waals surface area contributed by atoms with E-state index >= 15 is 0 Å². The van der Waals surface area contributed by atoms with Crippen LogP contribution in [0.2, 0.25) is 0 Å². The summed E-state index contributed by atoms with van der Waals surface area (Å²) in [5, 5.41) is 10.2. The van der Waals surface area contributed by atoms with E-state index in [0.717, 1.165) is 65.3 Å². The quantitative estimate of drug-likeness (QED) is 0.121. The molecule has 9 nitrogen and oxygen atoms in total. The van der Waals surface area contributed by atoms with Crippen molar-refractivity contribution in [3.05, 3.63) is 121 Å². The predicted molar refractivity (Wildman–Crippen MR) is 196 cm³/mol. The normalized spacial score (nSPS) is 13.2. The SMILES string of the molecule is O=C(Nc1ccc(CCNc2ncnc3oc(-c4ccccc4)c(-c4ccccc4)c23)cc1)Nc1ccccc1OCCN1CCCCC1. The van der Waals surface area contributed by atoms with Gasteiger partial charge in [0.05, 0.1) is 11.1 Å². The van der Waals surface area contributed by atoms with Crippen molar-refractivity contribution >= 4 is 34.3 Å². The fourth-order valence-electron chi connectivity index (χ4n) is 6.27. The lowest BCUT2D eigenvalue weighted by Gasteiger charge is -2.26. The summed E-state index contributed by atoms with van der Waals surface area (Å²) in [7, 11) is 0. The average molecular weight is 653 g/mol. The molecule has 0 bridgehead atoms. The van der Waals surface area contributed by atoms with E-state index in [0.29, 0.717) is 36.0 Å². The number of rotatable bonds is 12. The van der Waals surface area contributed by atoms with Crippen molar-refractivity contribution < 1.29 is 13.9 Å². The van der Waals surface area contributed by atoms with Gasteiger partial charge in [0.25, 0.3) is 0 Å². The van der Waals surface area contributed by atoms with Crippen LogP contribution in [-0.2, 0) is 6.42 Å². The number of carbonyl (C=O) groups excluding carboxylic acids is 1. The molecule has 3 N–H and O–H groups in total. The van der Waals surface area contributed by atoms with Gasteiger partial charge in [0.15, 0.2) is 0 Å². The lowest BCUT2D eigenvalue weighted by Crippen LogP contribution is -2.33. The Morgan fingerprint density at radius 2 is 1.49 bits per heavy atom. The van der Waals surface area contributed by atoms with Crippen LogP contribution in [0.5, 0.6) is 5.75 Å². The monoisotopic (exact) mass is 652 g/mol. The van der Waals surface area contributed by atoms with Gasteiger partial charge in [-0.1, -0.05) is 91.3 Å². The Balaban J connectivity index is 0.967. The van der Waals surface area contributed by atoms with Crippen LogP contribution >= 0.6 is 0 Å². The van der Waals surface area contributed by atoms with E-state index in [1.54, 1.807) is 0 Å². The number of amides is 2. The molecule has 0 unspecified atom stereocenters. The first-order valence-corrected chi connectivity index (χ1v) is 16.9. The van der Waals surface area contributed by atoms with Gasteiger partial charge in [0, 0.05) is 29.9 Å². The van der Waals surface area contributed by atoms with Crippen molar-refractivity contribution in [2.75, 3.05) is 48.7 Å². The molecule has 4 aromatic carbocycles. The Bertz CT molecular complexity index is 1970. The predicted octanol–water partition coefficient (Wildman–Crippen LogP) is 8.72. The summed E-state index contributed by atoms with van der Waals surface area (Å²) in [6.07, 6.45) is 6.10. The van der Waals surface area contributed by atoms with Crippen molar-refractivity contribution in [3.8, 4) is 28.2 Å². The largest absolute Gasteiger partial charge is 0.490 e. The summed E-state index contributed by atoms with van der Waals surface area (Å²) in [5.41, 5.74) is 5.98. The van der Waals surface area contributed by atoms with E-state index in [1.165, 1.54) is 25.6 Å². The van der Waals surface area contributed by atoms with Gasteiger partial charge in [-0.05, 0) is 67.7 Å². The summed E-state index contributed by atoms with van der Waals surface area (Å²) in [6.45, 7) is 4.38. The molecule has 3 heterocycles. The Kier molecular flexibility index (Phi) is 10.1. The minimum Gasteiger partial charge on any atom is -0.490 e. The van der Waals surface area contributed by atoms with Crippen LogP contribution < -0.4 is 20.7 Å². The lowest BCUT2D eigenvalue weighted by molar-refractivity contribution is 0.183. The fraction of sp³-hybridized carbons (Fsp3) is 0.225. The van der Waals surface area contributed by atoms with Crippen LogP contribution in [-0.4, -0.2) is 53.7 Å². The van der Waals surface area contributed by atoms with Crippen LogP contribution in [0.15, 0.2) is 120 Å². The molecular formula is C40H40N6O3. The Labute approximate surface area is 286 Å². The van der Waals surface area contributed by atoms with Gasteiger partial charge in [0.2, 0.25) is 5.71 Å². The minimum absolute atomic E-state index is 0.321. The maximum Gasteiger partial charge on any atom is 0.323 e. The number of nitrogens with one attached hydrogen (secondary N) is 3. The Hall–Kier alpha value is -5.67. The van der Waals surface area contributed by atoms with Gasteiger partial charge < -0.3 is 25.1 Å². The first-order valence-electron chi connectivity index (χ1n) is 16.9. The van der Waals surface area contributed by atoms with Gasteiger partial charge >= 0.3 is 6.03 Å². The number of benzene rings is 4. The molecule has 7 rings (SSSR count). The summed E-state index contributed by atoms with van der Waals surface area (Å²) < 4.78 is 12.4. The average Bonchev–Trinajstić information content (AvgIpc) is 3.55. The molecule has 0 spiro atoms. The first-order chi connectivity index (χ1) is 24.2. The molecule has 9 heteroatoms. The van der Waals surface area contributed by atoms with Gasteiger partial charge in [-0.3, -0.25) is 4.90 Å². The molecule has 0 aliphatic carbocycles. The second-order valence-corrected chi connectivity index (χ2v) is 12.1. The zero-order valence-corrected chi connectivity index (χ0v) is 27.4. The van der Waals surface area contributed by atoms with E-state index in [1.807, 2.05) is 97.1 Å². The van der Waals surface area contributed by atoms with Crippen LogP contribution in [0, 0.1) is 0 Å². The number of aromatic nitrogens is 2. The maximum atomic E-state index is 12.9. The number of likely N-dealkylation sites (tertiary alicyclic amines) is 1. The van der Waals surface area contributed by atoms with Gasteiger partial charge in [0.1, 0.15) is 30.3 Å². The highest BCUT2D eigenvalue weighted by molar-refractivity contribution is 6.06. The van der Waals surface area contributed by atoms with E-state index in [9.17, 15) is 4.79 Å². The molecule has 248 valence electrons. The molecule has 0 atom stereocenters. The van der Waals surface area contributed by atoms with Crippen molar-refractivity contribution in [1.82, 2.24) is 14.9 Å². The summed E-state index contributed by atoms with van der Waals surface area (Å²) in [6, 6.07) is 35.4. The topological polar surface area (TPSA) is 105 Å². The van der Waals surface area contributed by atoms with Crippen LogP contribution in [0.4, 0.5) is 22.0 Å². The highest BCUT2D eigenvalue weighted by Crippen LogP contribution is 2.42. The number of ether oxygens (including phenoxy) is 1. The molecule has 1 fully saturated rings. The third kappa shape index (κ3) is 7.90. The number of hydrogen-bond donors (Lipinski definition) is 3. The van der Waals surface area contributed by atoms with Crippen molar-refractivity contribution in [1.29, 1.82) is 0 Å². The van der Waals surface area contributed by atoms with Gasteiger partial charge in [-0.15, -0.1) is 0 Å². The zero-order valence-electron chi connectivity index (χ0n) is 27.4. The standard InChI is InChI=1S/C40H40N6O3/c47-40(45-33-16-8-9-17-34(33)48-27-26-46-24-10-3-11-25-46)44-32-20-18-29(19-21-32)22-23-41-38-36-35(30-12-4-1-5-13-30)37(31-14-6-2-7-15-31)49-39(36)43-28-42-38/h1-2,4-9,12-21,28H,3,10-11,22-27H2,(H,41,42,43)(H2,44,45,47).